The molecule has 0 aromatic rings. The normalized spacial score (nSPS) is 40.3. The molecule has 1 saturated carbocycles. The highest BCUT2D eigenvalue weighted by atomic mass is 14.3. The second-order valence-corrected chi connectivity index (χ2v) is 2.51. The maximum atomic E-state index is 4.00. The molecular weight excluding hydrogens is 84.1 g/mol. The standard InChI is InChI=1S/C7H13/c1-3-7-5-4-6(7)2/h6-7H,2-5H2,1H3. The van der Waals surface area contributed by atoms with Crippen LogP contribution < -0.4 is 0 Å². The van der Waals surface area contributed by atoms with Gasteiger partial charge in [0.25, 0.3) is 0 Å². The third-order valence-electron chi connectivity index (χ3n) is 2.10. The van der Waals surface area contributed by atoms with E-state index in [1.807, 2.05) is 0 Å². The number of hydrogen-bond acceptors (Lipinski definition) is 0. The van der Waals surface area contributed by atoms with Gasteiger partial charge in [0.15, 0.2) is 0 Å². The monoisotopic (exact) mass is 97.1 g/mol. The lowest BCUT2D eigenvalue weighted by Gasteiger charge is -2.32. The second kappa shape index (κ2) is 1.85. The first-order valence-electron chi connectivity index (χ1n) is 3.17. The van der Waals surface area contributed by atoms with E-state index in [1.54, 1.807) is 0 Å². The molecule has 0 saturated heterocycles. The molecule has 0 N–H and O–H groups in total. The summed E-state index contributed by atoms with van der Waals surface area (Å²) in [6, 6.07) is 0. The van der Waals surface area contributed by atoms with Crippen molar-refractivity contribution in [3.8, 4) is 0 Å². The van der Waals surface area contributed by atoms with Crippen molar-refractivity contribution in [1.82, 2.24) is 0 Å². The molecule has 7 heavy (non-hydrogen) atoms. The first-order valence-corrected chi connectivity index (χ1v) is 3.17. The topological polar surface area (TPSA) is 0 Å². The minimum absolute atomic E-state index is 0.796. The zero-order chi connectivity index (χ0) is 5.28. The van der Waals surface area contributed by atoms with Crippen LogP contribution in [0.4, 0.5) is 0 Å². The van der Waals surface area contributed by atoms with E-state index < -0.39 is 0 Å². The van der Waals surface area contributed by atoms with Gasteiger partial charge in [0.1, 0.15) is 0 Å². The molecule has 0 bridgehead atoms. The highest BCUT2D eigenvalue weighted by molar-refractivity contribution is 4.80. The van der Waals surface area contributed by atoms with E-state index in [4.69, 9.17) is 0 Å². The zero-order valence-corrected chi connectivity index (χ0v) is 4.98. The minimum Gasteiger partial charge on any atom is -0.0651 e. The molecule has 0 heteroatoms. The van der Waals surface area contributed by atoms with Crippen LogP contribution in [0.2, 0.25) is 0 Å². The summed E-state index contributed by atoms with van der Waals surface area (Å²) in [6.45, 7) is 6.25. The summed E-state index contributed by atoms with van der Waals surface area (Å²) in [5.74, 6) is 1.77. The van der Waals surface area contributed by atoms with E-state index in [0.717, 1.165) is 11.8 Å². The van der Waals surface area contributed by atoms with E-state index in [2.05, 4.69) is 13.8 Å². The van der Waals surface area contributed by atoms with Crippen molar-refractivity contribution in [3.63, 3.8) is 0 Å². The largest absolute Gasteiger partial charge is 0.0651 e. The van der Waals surface area contributed by atoms with Gasteiger partial charge in [-0.25, -0.2) is 0 Å². The van der Waals surface area contributed by atoms with Crippen LogP contribution in [-0.2, 0) is 0 Å². The van der Waals surface area contributed by atoms with Gasteiger partial charge >= 0.3 is 0 Å². The Morgan fingerprint density at radius 3 is 2.29 bits per heavy atom. The fourth-order valence-corrected chi connectivity index (χ4v) is 1.18. The summed E-state index contributed by atoms with van der Waals surface area (Å²) in [6.07, 6.45) is 4.15. The third kappa shape index (κ3) is 0.793. The Hall–Kier alpha value is 0. The lowest BCUT2D eigenvalue weighted by Crippen LogP contribution is -2.21. The summed E-state index contributed by atoms with van der Waals surface area (Å²) in [5.41, 5.74) is 0. The van der Waals surface area contributed by atoms with Gasteiger partial charge in [-0.3, -0.25) is 0 Å². The zero-order valence-electron chi connectivity index (χ0n) is 4.98. The van der Waals surface area contributed by atoms with Crippen molar-refractivity contribution in [2.45, 2.75) is 26.2 Å². The summed E-state index contributed by atoms with van der Waals surface area (Å²) in [4.78, 5) is 0. The molecule has 0 spiro atoms. The molecule has 41 valence electrons. The lowest BCUT2D eigenvalue weighted by molar-refractivity contribution is 0.217. The van der Waals surface area contributed by atoms with E-state index >= 15 is 0 Å². The highest BCUT2D eigenvalue weighted by Gasteiger charge is 2.23. The van der Waals surface area contributed by atoms with Crippen molar-refractivity contribution in [2.24, 2.45) is 11.8 Å². The van der Waals surface area contributed by atoms with E-state index in [9.17, 15) is 0 Å². The first kappa shape index (κ1) is 5.14. The van der Waals surface area contributed by atoms with Crippen molar-refractivity contribution in [2.75, 3.05) is 0 Å². The molecular formula is C7H13. The van der Waals surface area contributed by atoms with E-state index in [0.29, 0.717) is 0 Å². The Bertz CT molecular complexity index is 55.1. The quantitative estimate of drug-likeness (QED) is 0.470. The second-order valence-electron chi connectivity index (χ2n) is 2.51. The van der Waals surface area contributed by atoms with Crippen LogP contribution in [0.3, 0.4) is 0 Å². The minimum atomic E-state index is 0.796. The Morgan fingerprint density at radius 2 is 2.29 bits per heavy atom. The molecule has 1 aliphatic carbocycles. The van der Waals surface area contributed by atoms with Crippen LogP contribution in [0.15, 0.2) is 0 Å². The number of hydrogen-bond donors (Lipinski definition) is 0. The Kier molecular flexibility index (Phi) is 1.36. The number of rotatable bonds is 1. The van der Waals surface area contributed by atoms with Crippen LogP contribution in [0.5, 0.6) is 0 Å². The molecule has 0 heterocycles. The van der Waals surface area contributed by atoms with Crippen molar-refractivity contribution in [3.05, 3.63) is 6.92 Å². The molecule has 0 amide bonds. The Morgan fingerprint density at radius 1 is 1.57 bits per heavy atom. The van der Waals surface area contributed by atoms with E-state index in [-0.39, 0.29) is 0 Å². The maximum Gasteiger partial charge on any atom is -0.0386 e. The molecule has 2 unspecified atom stereocenters. The van der Waals surface area contributed by atoms with Gasteiger partial charge in [0.2, 0.25) is 0 Å². The van der Waals surface area contributed by atoms with Gasteiger partial charge in [-0.05, 0) is 31.6 Å². The molecule has 1 rings (SSSR count). The first-order chi connectivity index (χ1) is 3.34. The molecule has 0 nitrogen and oxygen atoms in total. The van der Waals surface area contributed by atoms with Gasteiger partial charge < -0.3 is 0 Å². The van der Waals surface area contributed by atoms with Gasteiger partial charge in [-0.15, -0.1) is 0 Å². The SMILES string of the molecule is [CH2]C1CCC1CC. The molecule has 1 aliphatic rings. The highest BCUT2D eigenvalue weighted by Crippen LogP contribution is 2.35. The molecule has 0 aromatic heterocycles. The Labute approximate surface area is 45.9 Å². The van der Waals surface area contributed by atoms with Gasteiger partial charge in [-0.1, -0.05) is 13.3 Å². The smallest absolute Gasteiger partial charge is 0.0386 e. The molecule has 2 atom stereocenters. The van der Waals surface area contributed by atoms with Crippen LogP contribution >= 0.6 is 0 Å². The molecule has 0 aliphatic heterocycles. The van der Waals surface area contributed by atoms with Crippen molar-refractivity contribution >= 4 is 0 Å². The van der Waals surface area contributed by atoms with Crippen molar-refractivity contribution < 1.29 is 0 Å². The van der Waals surface area contributed by atoms with E-state index in [1.165, 1.54) is 19.3 Å². The predicted molar refractivity (Wildman–Crippen MR) is 31.9 cm³/mol. The molecule has 0 aromatic carbocycles. The Balaban J connectivity index is 2.16. The van der Waals surface area contributed by atoms with Crippen molar-refractivity contribution in [1.29, 1.82) is 0 Å². The third-order valence-corrected chi connectivity index (χ3v) is 2.10. The molecule has 1 radical (unpaired) electrons. The average molecular weight is 97.2 g/mol. The molecule has 1 fully saturated rings. The van der Waals surface area contributed by atoms with Gasteiger partial charge in [0.05, 0.1) is 0 Å². The van der Waals surface area contributed by atoms with Gasteiger partial charge in [-0.2, -0.15) is 0 Å². The van der Waals surface area contributed by atoms with Crippen LogP contribution in [0.1, 0.15) is 26.2 Å². The summed E-state index contributed by atoms with van der Waals surface area (Å²) in [5, 5.41) is 0. The average Bonchev–Trinajstić information content (AvgIpc) is 1.65. The maximum absolute atomic E-state index is 4.00. The lowest BCUT2D eigenvalue weighted by atomic mass is 9.74. The predicted octanol–water partition coefficient (Wildman–Crippen LogP) is 2.26. The summed E-state index contributed by atoms with van der Waals surface area (Å²) >= 11 is 0. The summed E-state index contributed by atoms with van der Waals surface area (Å²) < 4.78 is 0. The summed E-state index contributed by atoms with van der Waals surface area (Å²) in [7, 11) is 0. The van der Waals surface area contributed by atoms with Crippen LogP contribution in [0, 0.1) is 18.8 Å². The fourth-order valence-electron chi connectivity index (χ4n) is 1.18. The van der Waals surface area contributed by atoms with Crippen LogP contribution in [0.25, 0.3) is 0 Å². The van der Waals surface area contributed by atoms with Crippen LogP contribution in [-0.4, -0.2) is 0 Å². The van der Waals surface area contributed by atoms with Gasteiger partial charge in [0, 0.05) is 0 Å². The fraction of sp³-hybridized carbons (Fsp3) is 0.857.